The van der Waals surface area contributed by atoms with E-state index in [4.69, 9.17) is 17.0 Å². The van der Waals surface area contributed by atoms with E-state index in [0.717, 1.165) is 34.8 Å². The van der Waals surface area contributed by atoms with Crippen molar-refractivity contribution in [3.8, 4) is 5.75 Å². The molecule has 2 aliphatic rings. The zero-order valence-electron chi connectivity index (χ0n) is 15.7. The molecule has 0 atom stereocenters. The molecule has 142 valence electrons. The van der Waals surface area contributed by atoms with Crippen molar-refractivity contribution in [2.75, 3.05) is 18.6 Å². The van der Waals surface area contributed by atoms with E-state index in [1.807, 2.05) is 60.7 Å². The second-order valence-corrected chi connectivity index (χ2v) is 8.11. The van der Waals surface area contributed by atoms with Gasteiger partial charge in [0.1, 0.15) is 15.0 Å². The summed E-state index contributed by atoms with van der Waals surface area (Å²) >= 11 is 6.90. The minimum absolute atomic E-state index is 0.0334. The van der Waals surface area contributed by atoms with E-state index in [9.17, 15) is 4.79 Å². The summed E-state index contributed by atoms with van der Waals surface area (Å²) in [5, 5.41) is 0. The smallest absolute Gasteiger partial charge is 0.268 e. The van der Waals surface area contributed by atoms with Crippen LogP contribution in [0.4, 0.5) is 5.69 Å². The Hall–Kier alpha value is -2.57. The maximum Gasteiger partial charge on any atom is 0.268 e. The van der Waals surface area contributed by atoms with Crippen molar-refractivity contribution < 1.29 is 9.53 Å². The Bertz CT molecular complexity index is 999. The predicted octanol–water partition coefficient (Wildman–Crippen LogP) is 4.82. The molecule has 0 N–H and O–H groups in total. The van der Waals surface area contributed by atoms with Gasteiger partial charge < -0.3 is 9.64 Å². The molecule has 2 aromatic carbocycles. The van der Waals surface area contributed by atoms with Gasteiger partial charge in [-0.1, -0.05) is 60.4 Å². The molecule has 0 saturated carbocycles. The number of ether oxygens (including phenoxy) is 1. The maximum absolute atomic E-state index is 13.2. The molecule has 6 heteroatoms. The highest BCUT2D eigenvalue weighted by atomic mass is 32.2. The molecule has 0 aliphatic carbocycles. The Kier molecular flexibility index (Phi) is 5.24. The largest absolute Gasteiger partial charge is 0.497 e. The fourth-order valence-electron chi connectivity index (χ4n) is 3.42. The summed E-state index contributed by atoms with van der Waals surface area (Å²) in [4.78, 5) is 17.7. The van der Waals surface area contributed by atoms with Gasteiger partial charge in [-0.2, -0.15) is 0 Å². The van der Waals surface area contributed by atoms with Crippen molar-refractivity contribution in [3.05, 3.63) is 76.3 Å². The van der Waals surface area contributed by atoms with Gasteiger partial charge in [0.05, 0.1) is 19.4 Å². The molecule has 0 bridgehead atoms. The lowest BCUT2D eigenvalue weighted by Gasteiger charge is -2.30. The molecular weight excluding hydrogens is 388 g/mol. The van der Waals surface area contributed by atoms with Gasteiger partial charge in [-0.15, -0.1) is 0 Å². The van der Waals surface area contributed by atoms with Gasteiger partial charge in [0, 0.05) is 17.8 Å². The summed E-state index contributed by atoms with van der Waals surface area (Å²) in [5.74, 6) is 0.783. The highest BCUT2D eigenvalue weighted by Crippen LogP contribution is 2.40. The van der Waals surface area contributed by atoms with E-state index < -0.39 is 0 Å². The van der Waals surface area contributed by atoms with Crippen LogP contribution in [0.15, 0.2) is 65.2 Å². The van der Waals surface area contributed by atoms with Crippen LogP contribution in [0.1, 0.15) is 18.1 Å². The zero-order valence-corrected chi connectivity index (χ0v) is 17.3. The molecule has 0 unspecified atom stereocenters. The van der Waals surface area contributed by atoms with Crippen molar-refractivity contribution in [3.63, 3.8) is 0 Å². The number of anilines is 1. The lowest BCUT2D eigenvalue weighted by atomic mass is 10.0. The minimum atomic E-state index is -0.0334. The normalized spacial score (nSPS) is 18.6. The predicted molar refractivity (Wildman–Crippen MR) is 119 cm³/mol. The van der Waals surface area contributed by atoms with Gasteiger partial charge in [-0.3, -0.25) is 9.69 Å². The summed E-state index contributed by atoms with van der Waals surface area (Å²) in [6, 6.07) is 15.9. The van der Waals surface area contributed by atoms with Crippen LogP contribution < -0.4 is 9.64 Å². The van der Waals surface area contributed by atoms with Gasteiger partial charge in [0.2, 0.25) is 0 Å². The number of thioether (sulfide) groups is 1. The number of amides is 1. The first kappa shape index (κ1) is 18.8. The highest BCUT2D eigenvalue weighted by molar-refractivity contribution is 8.26. The summed E-state index contributed by atoms with van der Waals surface area (Å²) in [6.45, 7) is 3.32. The Morgan fingerprint density at radius 1 is 1.07 bits per heavy atom. The molecule has 1 fully saturated rings. The number of thiocarbonyl (C=S) groups is 1. The number of benzene rings is 2. The number of nitrogens with zero attached hydrogens (tertiary/aromatic N) is 2. The van der Waals surface area contributed by atoms with Gasteiger partial charge in [0.25, 0.3) is 5.91 Å². The molecule has 0 spiro atoms. The molecule has 0 aromatic heterocycles. The summed E-state index contributed by atoms with van der Waals surface area (Å²) in [7, 11) is 1.66. The van der Waals surface area contributed by atoms with Gasteiger partial charge in [-0.25, -0.2) is 0 Å². The Balaban J connectivity index is 1.69. The van der Waals surface area contributed by atoms with Crippen molar-refractivity contribution in [1.29, 1.82) is 0 Å². The zero-order chi connectivity index (χ0) is 19.7. The Morgan fingerprint density at radius 3 is 2.57 bits per heavy atom. The minimum Gasteiger partial charge on any atom is -0.497 e. The number of carbonyl (C=O) groups is 1. The van der Waals surface area contributed by atoms with E-state index >= 15 is 0 Å². The standard InChI is InChI=1S/C22H20N2O2S2/c1-3-23-18-12-10-17(26-2)13-16(18)9-11-19(23)20-21(25)24(22(27)28-20)14-15-7-5-4-6-8-15/h4-13H,3,14H2,1-2H3/b20-19-. The quantitative estimate of drug-likeness (QED) is 0.535. The van der Waals surface area contributed by atoms with E-state index in [-0.39, 0.29) is 5.91 Å². The van der Waals surface area contributed by atoms with Crippen molar-refractivity contribution in [2.24, 2.45) is 0 Å². The lowest BCUT2D eigenvalue weighted by molar-refractivity contribution is -0.122. The molecule has 2 aliphatic heterocycles. The van der Waals surface area contributed by atoms with Crippen LogP contribution >= 0.6 is 24.0 Å². The number of fused-ring (bicyclic) bond motifs is 1. The van der Waals surface area contributed by atoms with Crippen LogP contribution in [-0.4, -0.2) is 28.8 Å². The molecule has 1 saturated heterocycles. The number of carbonyl (C=O) groups excluding carboxylic acids is 1. The SMILES string of the molecule is CCN1/C(=C2\SC(=S)N(Cc3ccccc3)C2=O)C=Cc2cc(OC)ccc21. The average Bonchev–Trinajstić information content (AvgIpc) is 3.01. The van der Waals surface area contributed by atoms with Gasteiger partial charge in [0.15, 0.2) is 0 Å². The fourth-order valence-corrected chi connectivity index (χ4v) is 4.73. The lowest BCUT2D eigenvalue weighted by Crippen LogP contribution is -2.30. The third kappa shape index (κ3) is 3.34. The number of methoxy groups -OCH3 is 1. The van der Waals surface area contributed by atoms with Crippen molar-refractivity contribution >= 4 is 46.0 Å². The second kappa shape index (κ2) is 7.81. The fraction of sp³-hybridized carbons (Fsp3) is 0.182. The monoisotopic (exact) mass is 408 g/mol. The third-order valence-electron chi connectivity index (χ3n) is 4.82. The average molecular weight is 409 g/mol. The van der Waals surface area contributed by atoms with Crippen LogP contribution in [-0.2, 0) is 11.3 Å². The second-order valence-electron chi connectivity index (χ2n) is 6.46. The maximum atomic E-state index is 13.2. The van der Waals surface area contributed by atoms with Crippen LogP contribution in [0.3, 0.4) is 0 Å². The van der Waals surface area contributed by atoms with E-state index in [1.54, 1.807) is 12.0 Å². The first-order chi connectivity index (χ1) is 13.6. The van der Waals surface area contributed by atoms with Gasteiger partial charge in [-0.05, 0) is 36.8 Å². The molecular formula is C22H20N2O2S2. The van der Waals surface area contributed by atoms with E-state index in [0.29, 0.717) is 15.8 Å². The molecule has 0 radical (unpaired) electrons. The van der Waals surface area contributed by atoms with Crippen molar-refractivity contribution in [2.45, 2.75) is 13.5 Å². The first-order valence-electron chi connectivity index (χ1n) is 9.08. The van der Waals surface area contributed by atoms with Crippen LogP contribution in [0.5, 0.6) is 5.75 Å². The first-order valence-corrected chi connectivity index (χ1v) is 10.3. The van der Waals surface area contributed by atoms with Crippen molar-refractivity contribution in [1.82, 2.24) is 4.90 Å². The Labute approximate surface area is 174 Å². The molecule has 28 heavy (non-hydrogen) atoms. The van der Waals surface area contributed by atoms with Gasteiger partial charge >= 0.3 is 0 Å². The van der Waals surface area contributed by atoms with Crippen LogP contribution in [0.25, 0.3) is 6.08 Å². The number of rotatable bonds is 4. The number of likely N-dealkylation sites (N-methyl/N-ethyl adjacent to an activating group) is 1. The molecule has 2 aromatic rings. The molecule has 2 heterocycles. The highest BCUT2D eigenvalue weighted by Gasteiger charge is 2.36. The van der Waals surface area contributed by atoms with Crippen LogP contribution in [0.2, 0.25) is 0 Å². The summed E-state index contributed by atoms with van der Waals surface area (Å²) in [6.07, 6.45) is 4.03. The van der Waals surface area contributed by atoms with E-state index in [1.165, 1.54) is 11.8 Å². The number of hydrogen-bond donors (Lipinski definition) is 0. The van der Waals surface area contributed by atoms with E-state index in [2.05, 4.69) is 11.8 Å². The topological polar surface area (TPSA) is 32.8 Å². The van der Waals surface area contributed by atoms with Crippen LogP contribution in [0, 0.1) is 0 Å². The summed E-state index contributed by atoms with van der Waals surface area (Å²) < 4.78 is 5.93. The number of hydrogen-bond acceptors (Lipinski definition) is 5. The number of allylic oxidation sites excluding steroid dienone is 1. The summed E-state index contributed by atoms with van der Waals surface area (Å²) in [5.41, 5.74) is 4.10. The molecule has 4 nitrogen and oxygen atoms in total. The molecule has 4 rings (SSSR count). The Morgan fingerprint density at radius 2 is 1.86 bits per heavy atom. The molecule has 1 amide bonds. The third-order valence-corrected chi connectivity index (χ3v) is 6.27.